The maximum absolute atomic E-state index is 11.8. The summed E-state index contributed by atoms with van der Waals surface area (Å²) in [5.41, 5.74) is 8.10. The second-order valence-corrected chi connectivity index (χ2v) is 4.61. The third-order valence-electron chi connectivity index (χ3n) is 3.36. The molecule has 0 radical (unpaired) electrons. The average molecular weight is 248 g/mol. The van der Waals surface area contributed by atoms with Crippen LogP contribution >= 0.6 is 0 Å². The van der Waals surface area contributed by atoms with Gasteiger partial charge in [0, 0.05) is 13.0 Å². The largest absolute Gasteiger partial charge is 0.352 e. The van der Waals surface area contributed by atoms with Crippen LogP contribution in [0.25, 0.3) is 0 Å². The predicted octanol–water partition coefficient (Wildman–Crippen LogP) is 2.24. The van der Waals surface area contributed by atoms with E-state index in [1.165, 1.54) is 11.1 Å². The summed E-state index contributed by atoms with van der Waals surface area (Å²) in [6, 6.07) is 8.22. The SMILES string of the molecule is CCc1ccccc1CNC(=O)CC(CC)CN. The molecule has 3 nitrogen and oxygen atoms in total. The van der Waals surface area contributed by atoms with Crippen LogP contribution in [0.15, 0.2) is 24.3 Å². The van der Waals surface area contributed by atoms with Crippen LogP contribution in [0.5, 0.6) is 0 Å². The van der Waals surface area contributed by atoms with Gasteiger partial charge in [0.15, 0.2) is 0 Å². The highest BCUT2D eigenvalue weighted by Gasteiger charge is 2.10. The third kappa shape index (κ3) is 4.49. The van der Waals surface area contributed by atoms with Gasteiger partial charge in [0.05, 0.1) is 0 Å². The highest BCUT2D eigenvalue weighted by atomic mass is 16.1. The normalized spacial score (nSPS) is 12.2. The van der Waals surface area contributed by atoms with E-state index in [0.29, 0.717) is 25.4 Å². The number of rotatable bonds is 7. The van der Waals surface area contributed by atoms with Crippen LogP contribution < -0.4 is 11.1 Å². The molecule has 3 N–H and O–H groups in total. The fourth-order valence-electron chi connectivity index (χ4n) is 2.00. The minimum atomic E-state index is 0.0956. The monoisotopic (exact) mass is 248 g/mol. The van der Waals surface area contributed by atoms with Gasteiger partial charge in [-0.05, 0) is 30.0 Å². The van der Waals surface area contributed by atoms with Gasteiger partial charge < -0.3 is 11.1 Å². The predicted molar refractivity (Wildman–Crippen MR) is 75.1 cm³/mol. The first-order chi connectivity index (χ1) is 8.71. The van der Waals surface area contributed by atoms with E-state index >= 15 is 0 Å². The molecule has 3 heteroatoms. The van der Waals surface area contributed by atoms with Gasteiger partial charge in [-0.15, -0.1) is 0 Å². The summed E-state index contributed by atoms with van der Waals surface area (Å²) in [7, 11) is 0. The minimum absolute atomic E-state index is 0.0956. The summed E-state index contributed by atoms with van der Waals surface area (Å²) >= 11 is 0. The van der Waals surface area contributed by atoms with E-state index < -0.39 is 0 Å². The Hall–Kier alpha value is -1.35. The molecule has 0 aromatic heterocycles. The molecule has 1 amide bonds. The topological polar surface area (TPSA) is 55.1 Å². The van der Waals surface area contributed by atoms with Crippen LogP contribution in [0.4, 0.5) is 0 Å². The molecule has 100 valence electrons. The molecule has 0 saturated carbocycles. The summed E-state index contributed by atoms with van der Waals surface area (Å²) in [5.74, 6) is 0.393. The molecular weight excluding hydrogens is 224 g/mol. The van der Waals surface area contributed by atoms with E-state index in [0.717, 1.165) is 12.8 Å². The Morgan fingerprint density at radius 3 is 2.50 bits per heavy atom. The van der Waals surface area contributed by atoms with E-state index in [-0.39, 0.29) is 5.91 Å². The zero-order chi connectivity index (χ0) is 13.4. The summed E-state index contributed by atoms with van der Waals surface area (Å²) in [5, 5.41) is 2.98. The zero-order valence-corrected chi connectivity index (χ0v) is 11.4. The van der Waals surface area contributed by atoms with Crippen LogP contribution in [0, 0.1) is 5.92 Å². The molecule has 0 bridgehead atoms. The van der Waals surface area contributed by atoms with E-state index in [1.54, 1.807) is 0 Å². The smallest absolute Gasteiger partial charge is 0.220 e. The van der Waals surface area contributed by atoms with Gasteiger partial charge in [-0.25, -0.2) is 0 Å². The van der Waals surface area contributed by atoms with Crippen LogP contribution in [-0.2, 0) is 17.8 Å². The number of carbonyl (C=O) groups excluding carboxylic acids is 1. The zero-order valence-electron chi connectivity index (χ0n) is 11.4. The van der Waals surface area contributed by atoms with Crippen LogP contribution in [0.2, 0.25) is 0 Å². The van der Waals surface area contributed by atoms with Crippen molar-refractivity contribution >= 4 is 5.91 Å². The molecule has 1 rings (SSSR count). The summed E-state index contributed by atoms with van der Waals surface area (Å²) in [4.78, 5) is 11.8. The molecule has 0 saturated heterocycles. The lowest BCUT2D eigenvalue weighted by Gasteiger charge is -2.13. The van der Waals surface area contributed by atoms with Gasteiger partial charge in [0.25, 0.3) is 0 Å². The average Bonchev–Trinajstić information content (AvgIpc) is 2.42. The van der Waals surface area contributed by atoms with Gasteiger partial charge in [-0.1, -0.05) is 44.5 Å². The highest BCUT2D eigenvalue weighted by Crippen LogP contribution is 2.10. The standard InChI is InChI=1S/C15H24N2O/c1-3-12(10-16)9-15(18)17-11-14-8-6-5-7-13(14)4-2/h5-8,12H,3-4,9-11,16H2,1-2H3,(H,17,18). The fraction of sp³-hybridized carbons (Fsp3) is 0.533. The van der Waals surface area contributed by atoms with Crippen molar-refractivity contribution in [3.05, 3.63) is 35.4 Å². The minimum Gasteiger partial charge on any atom is -0.352 e. The lowest BCUT2D eigenvalue weighted by molar-refractivity contribution is -0.122. The van der Waals surface area contributed by atoms with Crippen molar-refractivity contribution in [2.45, 2.75) is 39.7 Å². The molecule has 18 heavy (non-hydrogen) atoms. The second-order valence-electron chi connectivity index (χ2n) is 4.61. The van der Waals surface area contributed by atoms with E-state index in [1.807, 2.05) is 12.1 Å². The number of aryl methyl sites for hydroxylation is 1. The Morgan fingerprint density at radius 1 is 1.28 bits per heavy atom. The van der Waals surface area contributed by atoms with Gasteiger partial charge in [0.1, 0.15) is 0 Å². The molecule has 0 heterocycles. The number of amides is 1. The maximum atomic E-state index is 11.8. The second kappa shape index (κ2) is 7.88. The fourth-order valence-corrected chi connectivity index (χ4v) is 2.00. The summed E-state index contributed by atoms with van der Waals surface area (Å²) in [6.45, 7) is 5.39. The molecule has 1 atom stereocenters. The highest BCUT2D eigenvalue weighted by molar-refractivity contribution is 5.76. The van der Waals surface area contributed by atoms with Crippen LogP contribution in [0.3, 0.4) is 0 Å². The van der Waals surface area contributed by atoms with Crippen molar-refractivity contribution in [3.63, 3.8) is 0 Å². The van der Waals surface area contributed by atoms with E-state index in [9.17, 15) is 4.79 Å². The Bertz CT molecular complexity index is 373. The summed E-state index contributed by atoms with van der Waals surface area (Å²) < 4.78 is 0. The molecule has 1 aromatic carbocycles. The first kappa shape index (κ1) is 14.7. The van der Waals surface area contributed by atoms with Gasteiger partial charge >= 0.3 is 0 Å². The van der Waals surface area contributed by atoms with Crippen LogP contribution in [-0.4, -0.2) is 12.5 Å². The molecular formula is C15H24N2O. The Balaban J connectivity index is 2.47. The Kier molecular flexibility index (Phi) is 6.44. The molecule has 0 aliphatic rings. The van der Waals surface area contributed by atoms with E-state index in [4.69, 9.17) is 5.73 Å². The van der Waals surface area contributed by atoms with Crippen molar-refractivity contribution < 1.29 is 4.79 Å². The molecule has 1 aromatic rings. The van der Waals surface area contributed by atoms with Crippen molar-refractivity contribution in [2.24, 2.45) is 11.7 Å². The first-order valence-electron chi connectivity index (χ1n) is 6.74. The Morgan fingerprint density at radius 2 is 1.94 bits per heavy atom. The lowest BCUT2D eigenvalue weighted by Crippen LogP contribution is -2.27. The number of nitrogens with one attached hydrogen (secondary N) is 1. The van der Waals surface area contributed by atoms with E-state index in [2.05, 4.69) is 31.3 Å². The molecule has 0 aliphatic heterocycles. The molecule has 0 fully saturated rings. The first-order valence-corrected chi connectivity index (χ1v) is 6.74. The molecule has 0 spiro atoms. The van der Waals surface area contributed by atoms with Crippen molar-refractivity contribution in [1.29, 1.82) is 0 Å². The van der Waals surface area contributed by atoms with Crippen molar-refractivity contribution in [1.82, 2.24) is 5.32 Å². The van der Waals surface area contributed by atoms with Crippen molar-refractivity contribution in [3.8, 4) is 0 Å². The summed E-state index contributed by atoms with van der Waals surface area (Å²) in [6.07, 6.45) is 2.48. The number of hydrogen-bond acceptors (Lipinski definition) is 2. The number of hydrogen-bond donors (Lipinski definition) is 2. The number of nitrogens with two attached hydrogens (primary N) is 1. The molecule has 0 aliphatic carbocycles. The third-order valence-corrected chi connectivity index (χ3v) is 3.36. The Labute approximate surface area is 110 Å². The number of carbonyl (C=O) groups is 1. The van der Waals surface area contributed by atoms with Gasteiger partial charge in [0.2, 0.25) is 5.91 Å². The van der Waals surface area contributed by atoms with Gasteiger partial charge in [-0.3, -0.25) is 4.79 Å². The van der Waals surface area contributed by atoms with Gasteiger partial charge in [-0.2, -0.15) is 0 Å². The van der Waals surface area contributed by atoms with Crippen LogP contribution in [0.1, 0.15) is 37.8 Å². The van der Waals surface area contributed by atoms with Crippen molar-refractivity contribution in [2.75, 3.05) is 6.54 Å². The maximum Gasteiger partial charge on any atom is 0.220 e. The quantitative estimate of drug-likeness (QED) is 0.777. The molecule has 1 unspecified atom stereocenters. The lowest BCUT2D eigenvalue weighted by atomic mass is 10.0. The number of benzene rings is 1.